The average molecular weight is 420 g/mol. The molecule has 158 valence electrons. The molecule has 5 heteroatoms. The first-order chi connectivity index (χ1) is 15.8. The van der Waals surface area contributed by atoms with Crippen molar-refractivity contribution in [2.45, 2.75) is 19.5 Å². The van der Waals surface area contributed by atoms with Crippen molar-refractivity contribution in [3.05, 3.63) is 115 Å². The quantitative estimate of drug-likeness (QED) is 0.352. The van der Waals surface area contributed by atoms with Gasteiger partial charge in [0.1, 0.15) is 0 Å². The van der Waals surface area contributed by atoms with E-state index in [1.165, 1.54) is 11.1 Å². The highest BCUT2D eigenvalue weighted by atomic mass is 15.3. The van der Waals surface area contributed by atoms with E-state index in [0.717, 1.165) is 28.1 Å². The molecular formula is C27H25N5. The molecule has 5 aromatic rings. The molecule has 2 aromatic heterocycles. The summed E-state index contributed by atoms with van der Waals surface area (Å²) in [6.45, 7) is 2.87. The largest absolute Gasteiger partial charge is 0.306 e. The van der Waals surface area contributed by atoms with E-state index in [0.29, 0.717) is 6.54 Å². The lowest BCUT2D eigenvalue weighted by Gasteiger charge is -2.12. The summed E-state index contributed by atoms with van der Waals surface area (Å²) in [5, 5.41) is 15.6. The fraction of sp³-hybridized carbons (Fsp3) is 0.111. The Hall–Kier alpha value is -3.96. The fourth-order valence-electron chi connectivity index (χ4n) is 3.82. The van der Waals surface area contributed by atoms with E-state index in [-0.39, 0.29) is 6.04 Å². The molecule has 2 N–H and O–H groups in total. The molecule has 5 nitrogen and oxygen atoms in total. The van der Waals surface area contributed by atoms with Crippen LogP contribution in [0.2, 0.25) is 0 Å². The summed E-state index contributed by atoms with van der Waals surface area (Å²) in [6, 6.07) is 29.3. The van der Waals surface area contributed by atoms with Gasteiger partial charge in [-0.2, -0.15) is 10.2 Å². The summed E-state index contributed by atoms with van der Waals surface area (Å²) >= 11 is 0. The highest BCUT2D eigenvalue weighted by molar-refractivity contribution is 5.70. The summed E-state index contributed by atoms with van der Waals surface area (Å²) in [6.07, 6.45) is 5.89. The molecule has 32 heavy (non-hydrogen) atoms. The van der Waals surface area contributed by atoms with Crippen LogP contribution in [0.1, 0.15) is 24.1 Å². The third-order valence-corrected chi connectivity index (χ3v) is 5.72. The zero-order chi connectivity index (χ0) is 21.8. The van der Waals surface area contributed by atoms with Crippen LogP contribution in [0, 0.1) is 0 Å². The van der Waals surface area contributed by atoms with E-state index in [9.17, 15) is 0 Å². The van der Waals surface area contributed by atoms with E-state index in [1.54, 1.807) is 0 Å². The lowest BCUT2D eigenvalue weighted by molar-refractivity contribution is 0.575. The number of nitrogens with zero attached hydrogens (tertiary/aromatic N) is 3. The minimum absolute atomic E-state index is 0.163. The molecule has 0 saturated heterocycles. The Kier molecular flexibility index (Phi) is 5.64. The number of benzene rings is 3. The Morgan fingerprint density at radius 2 is 1.47 bits per heavy atom. The molecule has 2 heterocycles. The van der Waals surface area contributed by atoms with E-state index in [1.807, 2.05) is 41.3 Å². The third kappa shape index (κ3) is 4.24. The molecule has 1 atom stereocenters. The number of rotatable bonds is 7. The van der Waals surface area contributed by atoms with E-state index in [2.05, 4.69) is 94.4 Å². The predicted octanol–water partition coefficient (Wildman–Crippen LogP) is 5.78. The second-order valence-corrected chi connectivity index (χ2v) is 7.87. The summed E-state index contributed by atoms with van der Waals surface area (Å²) in [5.41, 5.74) is 7.94. The highest BCUT2D eigenvalue weighted by Crippen LogP contribution is 2.26. The first-order valence-electron chi connectivity index (χ1n) is 10.8. The van der Waals surface area contributed by atoms with Crippen LogP contribution < -0.4 is 5.32 Å². The van der Waals surface area contributed by atoms with Gasteiger partial charge in [0.25, 0.3) is 0 Å². The smallest absolute Gasteiger partial charge is 0.0695 e. The van der Waals surface area contributed by atoms with Crippen LogP contribution in [0.5, 0.6) is 0 Å². The van der Waals surface area contributed by atoms with Gasteiger partial charge in [-0.1, -0.05) is 72.8 Å². The van der Waals surface area contributed by atoms with Crippen molar-refractivity contribution in [3.63, 3.8) is 0 Å². The Balaban J connectivity index is 1.27. The van der Waals surface area contributed by atoms with Gasteiger partial charge < -0.3 is 5.32 Å². The van der Waals surface area contributed by atoms with Gasteiger partial charge in [0.15, 0.2) is 0 Å². The van der Waals surface area contributed by atoms with Crippen molar-refractivity contribution < 1.29 is 0 Å². The van der Waals surface area contributed by atoms with Gasteiger partial charge in [0.2, 0.25) is 0 Å². The summed E-state index contributed by atoms with van der Waals surface area (Å²) < 4.78 is 1.91. The first-order valence-corrected chi connectivity index (χ1v) is 10.8. The van der Waals surface area contributed by atoms with Crippen LogP contribution in [0.15, 0.2) is 104 Å². The number of aromatic amines is 1. The Labute approximate surface area is 187 Å². The summed E-state index contributed by atoms with van der Waals surface area (Å²) in [4.78, 5) is 0. The highest BCUT2D eigenvalue weighted by Gasteiger charge is 2.12. The second-order valence-electron chi connectivity index (χ2n) is 7.87. The zero-order valence-electron chi connectivity index (χ0n) is 17.9. The molecule has 0 radical (unpaired) electrons. The minimum atomic E-state index is 0.163. The Morgan fingerprint density at radius 3 is 2.22 bits per heavy atom. The summed E-state index contributed by atoms with van der Waals surface area (Å²) in [7, 11) is 0. The summed E-state index contributed by atoms with van der Waals surface area (Å²) in [5.74, 6) is 0. The van der Waals surface area contributed by atoms with E-state index in [4.69, 9.17) is 0 Å². The molecule has 0 fully saturated rings. The van der Waals surface area contributed by atoms with Crippen molar-refractivity contribution in [1.29, 1.82) is 0 Å². The van der Waals surface area contributed by atoms with Gasteiger partial charge in [-0.05, 0) is 35.7 Å². The monoisotopic (exact) mass is 419 g/mol. The number of H-pyrrole nitrogens is 1. The maximum absolute atomic E-state index is 4.51. The number of hydrogen-bond donors (Lipinski definition) is 2. The lowest BCUT2D eigenvalue weighted by atomic mass is 10.0. The standard InChI is InChI=1S/C27H25N5/c1-20(25-18-30-32(19-25)26-10-6-3-7-11-26)28-16-24-17-29-31-27(24)23-14-12-22(13-15-23)21-8-4-2-5-9-21/h2-15,17-20,28H,16H2,1H3,(H,29,31). The topological polar surface area (TPSA) is 58.5 Å². The van der Waals surface area contributed by atoms with Crippen LogP contribution in [-0.2, 0) is 6.54 Å². The van der Waals surface area contributed by atoms with Gasteiger partial charge in [-0.3, -0.25) is 5.10 Å². The number of nitrogens with one attached hydrogen (secondary N) is 2. The Morgan fingerprint density at radius 1 is 0.812 bits per heavy atom. The van der Waals surface area contributed by atoms with Gasteiger partial charge in [-0.15, -0.1) is 0 Å². The lowest BCUT2D eigenvalue weighted by Crippen LogP contribution is -2.17. The van der Waals surface area contributed by atoms with Gasteiger partial charge in [-0.25, -0.2) is 4.68 Å². The molecule has 0 saturated carbocycles. The third-order valence-electron chi connectivity index (χ3n) is 5.72. The predicted molar refractivity (Wildman–Crippen MR) is 128 cm³/mol. The molecule has 0 bridgehead atoms. The van der Waals surface area contributed by atoms with Crippen molar-refractivity contribution in [3.8, 4) is 28.1 Å². The number of aromatic nitrogens is 4. The number of hydrogen-bond acceptors (Lipinski definition) is 3. The minimum Gasteiger partial charge on any atom is -0.306 e. The Bertz CT molecular complexity index is 1270. The van der Waals surface area contributed by atoms with Gasteiger partial charge in [0, 0.05) is 29.9 Å². The molecule has 0 aliphatic rings. The first kappa shape index (κ1) is 20.0. The normalized spacial score (nSPS) is 12.0. The maximum Gasteiger partial charge on any atom is 0.0695 e. The van der Waals surface area contributed by atoms with Crippen molar-refractivity contribution in [1.82, 2.24) is 25.3 Å². The zero-order valence-corrected chi connectivity index (χ0v) is 17.9. The van der Waals surface area contributed by atoms with Crippen molar-refractivity contribution in [2.24, 2.45) is 0 Å². The van der Waals surface area contributed by atoms with Crippen molar-refractivity contribution >= 4 is 0 Å². The van der Waals surface area contributed by atoms with Gasteiger partial charge >= 0.3 is 0 Å². The van der Waals surface area contributed by atoms with Gasteiger partial charge in [0.05, 0.1) is 23.8 Å². The number of para-hydroxylation sites is 1. The van der Waals surface area contributed by atoms with Crippen LogP contribution in [-0.4, -0.2) is 20.0 Å². The van der Waals surface area contributed by atoms with Crippen LogP contribution in [0.3, 0.4) is 0 Å². The molecule has 0 aliphatic heterocycles. The molecule has 0 spiro atoms. The molecule has 5 rings (SSSR count). The molecule has 0 amide bonds. The SMILES string of the molecule is CC(NCc1cn[nH]c1-c1ccc(-c2ccccc2)cc1)c1cnn(-c2ccccc2)c1. The maximum atomic E-state index is 4.51. The van der Waals surface area contributed by atoms with E-state index >= 15 is 0 Å². The molecule has 3 aromatic carbocycles. The molecule has 0 aliphatic carbocycles. The van der Waals surface area contributed by atoms with E-state index < -0.39 is 0 Å². The average Bonchev–Trinajstić information content (AvgIpc) is 3.54. The fourth-order valence-corrected chi connectivity index (χ4v) is 3.82. The van der Waals surface area contributed by atoms with Crippen molar-refractivity contribution in [2.75, 3.05) is 0 Å². The van der Waals surface area contributed by atoms with Crippen LogP contribution >= 0.6 is 0 Å². The molecule has 1 unspecified atom stereocenters. The second kappa shape index (κ2) is 9.04. The van der Waals surface area contributed by atoms with Crippen LogP contribution in [0.25, 0.3) is 28.1 Å². The molecular weight excluding hydrogens is 394 g/mol. The van der Waals surface area contributed by atoms with Crippen LogP contribution in [0.4, 0.5) is 0 Å².